The Bertz CT molecular complexity index is 224. The van der Waals surface area contributed by atoms with Crippen molar-refractivity contribution in [2.45, 2.75) is 58.3 Å². The largest absolute Gasteiger partial charge is 0.198 e. The van der Waals surface area contributed by atoms with Gasteiger partial charge < -0.3 is 0 Å². The van der Waals surface area contributed by atoms with Crippen molar-refractivity contribution in [3.05, 3.63) is 0 Å². The van der Waals surface area contributed by atoms with Gasteiger partial charge in [-0.05, 0) is 31.1 Å². The van der Waals surface area contributed by atoms with Crippen molar-refractivity contribution in [1.29, 1.82) is 5.26 Å². The Balaban J connectivity index is 2.30. The van der Waals surface area contributed by atoms with Crippen molar-refractivity contribution >= 4 is 0 Å². The minimum Gasteiger partial charge on any atom is -0.198 e. The van der Waals surface area contributed by atoms with E-state index in [1.807, 2.05) is 0 Å². The quantitative estimate of drug-likeness (QED) is 0.554. The van der Waals surface area contributed by atoms with Crippen molar-refractivity contribution in [2.24, 2.45) is 10.8 Å². The molecular formula is C12H19N. The predicted octanol–water partition coefficient (Wildman–Crippen LogP) is 3.65. The molecule has 0 spiro atoms. The molecule has 2 fully saturated rings. The molecule has 0 atom stereocenters. The highest BCUT2D eigenvalue weighted by molar-refractivity contribution is 5.12. The first-order chi connectivity index (χ1) is 6.22. The fourth-order valence-electron chi connectivity index (χ4n) is 3.46. The molecule has 0 aromatic carbocycles. The zero-order valence-corrected chi connectivity index (χ0v) is 8.60. The Morgan fingerprint density at radius 1 is 0.923 bits per heavy atom. The average molecular weight is 177 g/mol. The van der Waals surface area contributed by atoms with Crippen molar-refractivity contribution in [3.8, 4) is 6.07 Å². The van der Waals surface area contributed by atoms with Crippen LogP contribution in [0.15, 0.2) is 0 Å². The van der Waals surface area contributed by atoms with Gasteiger partial charge in [-0.3, -0.25) is 0 Å². The molecule has 0 aromatic heterocycles. The summed E-state index contributed by atoms with van der Waals surface area (Å²) in [5, 5.41) is 9.39. The molecule has 2 rings (SSSR count). The van der Waals surface area contributed by atoms with Crippen LogP contribution in [0.1, 0.15) is 58.3 Å². The molecule has 0 unspecified atom stereocenters. The van der Waals surface area contributed by atoms with E-state index in [9.17, 15) is 5.26 Å². The second kappa shape index (κ2) is 3.01. The lowest BCUT2D eigenvalue weighted by Crippen LogP contribution is -2.44. The molecule has 72 valence electrons. The van der Waals surface area contributed by atoms with Gasteiger partial charge in [-0.2, -0.15) is 5.26 Å². The van der Waals surface area contributed by atoms with E-state index in [1.54, 1.807) is 0 Å². The SMILES string of the molecule is CC12CCCCC1(C#N)CCCC2. The first-order valence-corrected chi connectivity index (χ1v) is 5.64. The van der Waals surface area contributed by atoms with Crippen molar-refractivity contribution in [1.82, 2.24) is 0 Å². The number of rotatable bonds is 0. The summed E-state index contributed by atoms with van der Waals surface area (Å²) in [4.78, 5) is 0. The number of nitriles is 1. The first-order valence-electron chi connectivity index (χ1n) is 5.64. The van der Waals surface area contributed by atoms with Crippen molar-refractivity contribution in [3.63, 3.8) is 0 Å². The Labute approximate surface area is 81.1 Å². The maximum atomic E-state index is 9.39. The fourth-order valence-corrected chi connectivity index (χ4v) is 3.46. The molecule has 0 heterocycles. The highest BCUT2D eigenvalue weighted by Crippen LogP contribution is 2.58. The van der Waals surface area contributed by atoms with E-state index in [4.69, 9.17) is 0 Å². The first kappa shape index (κ1) is 9.06. The second-order valence-electron chi connectivity index (χ2n) is 5.17. The van der Waals surface area contributed by atoms with Gasteiger partial charge in [0.25, 0.3) is 0 Å². The Hall–Kier alpha value is -0.510. The number of hydrogen-bond acceptors (Lipinski definition) is 1. The molecule has 13 heavy (non-hydrogen) atoms. The van der Waals surface area contributed by atoms with Crippen LogP contribution in [0.4, 0.5) is 0 Å². The third kappa shape index (κ3) is 1.19. The van der Waals surface area contributed by atoms with Crippen LogP contribution in [0.3, 0.4) is 0 Å². The second-order valence-corrected chi connectivity index (χ2v) is 5.17. The zero-order valence-electron chi connectivity index (χ0n) is 8.60. The van der Waals surface area contributed by atoms with Crippen LogP contribution in [0.25, 0.3) is 0 Å². The molecule has 1 heteroatoms. The lowest BCUT2D eigenvalue weighted by Gasteiger charge is -2.51. The van der Waals surface area contributed by atoms with Crippen LogP contribution < -0.4 is 0 Å². The highest BCUT2D eigenvalue weighted by Gasteiger charge is 2.50. The number of fused-ring (bicyclic) bond motifs is 1. The summed E-state index contributed by atoms with van der Waals surface area (Å²) in [6.07, 6.45) is 10.2. The molecule has 0 aromatic rings. The van der Waals surface area contributed by atoms with E-state index in [-0.39, 0.29) is 5.41 Å². The summed E-state index contributed by atoms with van der Waals surface area (Å²) in [6, 6.07) is 2.66. The van der Waals surface area contributed by atoms with E-state index < -0.39 is 0 Å². The monoisotopic (exact) mass is 177 g/mol. The molecule has 2 aliphatic carbocycles. The summed E-state index contributed by atoms with van der Waals surface area (Å²) in [6.45, 7) is 2.36. The van der Waals surface area contributed by atoms with Gasteiger partial charge >= 0.3 is 0 Å². The molecule has 0 amide bonds. The lowest BCUT2D eigenvalue weighted by atomic mass is 9.51. The van der Waals surface area contributed by atoms with Gasteiger partial charge in [0.15, 0.2) is 0 Å². The van der Waals surface area contributed by atoms with E-state index in [2.05, 4.69) is 13.0 Å². The van der Waals surface area contributed by atoms with Gasteiger partial charge in [-0.15, -0.1) is 0 Å². The summed E-state index contributed by atoms with van der Waals surface area (Å²) in [7, 11) is 0. The molecule has 1 nitrogen and oxygen atoms in total. The summed E-state index contributed by atoms with van der Waals surface area (Å²) in [5.41, 5.74) is 0.418. The molecule has 2 saturated carbocycles. The summed E-state index contributed by atoms with van der Waals surface area (Å²) in [5.74, 6) is 0. The minimum atomic E-state index is 0.0590. The number of nitrogens with zero attached hydrogens (tertiary/aromatic N) is 1. The standard InChI is InChI=1S/C12H19N/c1-11-6-2-4-8-12(11,10-13)9-5-3-7-11/h2-9H2,1H3. The van der Waals surface area contributed by atoms with Crippen LogP contribution in [0.2, 0.25) is 0 Å². The normalized spacial score (nSPS) is 44.9. The third-order valence-corrected chi connectivity index (χ3v) is 4.53. The van der Waals surface area contributed by atoms with Gasteiger partial charge in [0.05, 0.1) is 11.5 Å². The highest BCUT2D eigenvalue weighted by atomic mass is 14.5. The van der Waals surface area contributed by atoms with Gasteiger partial charge in [-0.1, -0.05) is 32.6 Å². The van der Waals surface area contributed by atoms with Crippen LogP contribution >= 0.6 is 0 Å². The molecule has 0 saturated heterocycles. The topological polar surface area (TPSA) is 23.8 Å². The van der Waals surface area contributed by atoms with Gasteiger partial charge in [0.1, 0.15) is 0 Å². The van der Waals surface area contributed by atoms with Crippen LogP contribution in [0.5, 0.6) is 0 Å². The maximum Gasteiger partial charge on any atom is 0.0695 e. The van der Waals surface area contributed by atoms with Gasteiger partial charge in [0, 0.05) is 0 Å². The molecule has 0 bridgehead atoms. The fraction of sp³-hybridized carbons (Fsp3) is 0.917. The van der Waals surface area contributed by atoms with Crippen molar-refractivity contribution in [2.75, 3.05) is 0 Å². The van der Waals surface area contributed by atoms with Crippen molar-refractivity contribution < 1.29 is 0 Å². The Kier molecular flexibility index (Phi) is 2.10. The van der Waals surface area contributed by atoms with E-state index in [1.165, 1.54) is 51.4 Å². The van der Waals surface area contributed by atoms with Crippen LogP contribution in [0, 0.1) is 22.2 Å². The van der Waals surface area contributed by atoms with E-state index >= 15 is 0 Å². The smallest absolute Gasteiger partial charge is 0.0695 e. The molecule has 0 aliphatic heterocycles. The number of hydrogen-bond donors (Lipinski definition) is 0. The maximum absolute atomic E-state index is 9.39. The van der Waals surface area contributed by atoms with E-state index in [0.29, 0.717) is 5.41 Å². The van der Waals surface area contributed by atoms with Gasteiger partial charge in [0.2, 0.25) is 0 Å². The lowest BCUT2D eigenvalue weighted by molar-refractivity contribution is 0.00538. The molecule has 0 radical (unpaired) electrons. The minimum absolute atomic E-state index is 0.0590. The molecular weight excluding hydrogens is 158 g/mol. The zero-order chi connectivity index (χ0) is 9.36. The molecule has 0 N–H and O–H groups in total. The summed E-state index contributed by atoms with van der Waals surface area (Å²) >= 11 is 0. The molecule has 2 aliphatic rings. The van der Waals surface area contributed by atoms with Crippen LogP contribution in [-0.4, -0.2) is 0 Å². The Morgan fingerprint density at radius 2 is 1.38 bits per heavy atom. The third-order valence-electron chi connectivity index (χ3n) is 4.53. The van der Waals surface area contributed by atoms with E-state index in [0.717, 1.165) is 0 Å². The average Bonchev–Trinajstić information content (AvgIpc) is 2.17. The van der Waals surface area contributed by atoms with Gasteiger partial charge in [-0.25, -0.2) is 0 Å². The Morgan fingerprint density at radius 3 is 1.77 bits per heavy atom. The summed E-state index contributed by atoms with van der Waals surface area (Å²) < 4.78 is 0. The van der Waals surface area contributed by atoms with Crippen LogP contribution in [-0.2, 0) is 0 Å². The predicted molar refractivity (Wildman–Crippen MR) is 53.1 cm³/mol.